The molecule has 4 rings (SSSR count). The molecule has 172 valence electrons. The summed E-state index contributed by atoms with van der Waals surface area (Å²) in [6.45, 7) is 0.675. The molecule has 1 fully saturated rings. The van der Waals surface area contributed by atoms with E-state index in [4.69, 9.17) is 21.1 Å². The second kappa shape index (κ2) is 8.57. The van der Waals surface area contributed by atoms with Crippen LogP contribution in [0.5, 0.6) is 11.5 Å². The van der Waals surface area contributed by atoms with Crippen molar-refractivity contribution >= 4 is 27.4 Å². The molecular weight excluding hydrogens is 471 g/mol. The predicted molar refractivity (Wildman–Crippen MR) is 110 cm³/mol. The summed E-state index contributed by atoms with van der Waals surface area (Å²) in [6.07, 6.45) is -4.48. The summed E-state index contributed by atoms with van der Waals surface area (Å²) < 4.78 is 78.0. The van der Waals surface area contributed by atoms with Gasteiger partial charge in [0.15, 0.2) is 17.3 Å². The number of rotatable bonds is 4. The number of hydrogen-bond donors (Lipinski definition) is 0. The second-order valence-electron chi connectivity index (χ2n) is 7.54. The molecule has 6 nitrogen and oxygen atoms in total. The Morgan fingerprint density at radius 2 is 1.66 bits per heavy atom. The van der Waals surface area contributed by atoms with Gasteiger partial charge in [-0.05, 0) is 49.2 Å². The largest absolute Gasteiger partial charge is 0.486 e. The highest BCUT2D eigenvalue weighted by atomic mass is 35.5. The van der Waals surface area contributed by atoms with Crippen LogP contribution in [0.2, 0.25) is 5.02 Å². The fraction of sp³-hybridized carbons (Fsp3) is 0.381. The number of carbonyl (C=O) groups excluding carboxylic acids is 1. The molecule has 1 saturated heterocycles. The lowest BCUT2D eigenvalue weighted by atomic mass is 9.89. The van der Waals surface area contributed by atoms with Crippen molar-refractivity contribution in [1.29, 1.82) is 0 Å². The zero-order valence-electron chi connectivity index (χ0n) is 16.7. The van der Waals surface area contributed by atoms with Gasteiger partial charge in [-0.15, -0.1) is 0 Å². The van der Waals surface area contributed by atoms with Crippen molar-refractivity contribution in [2.45, 2.75) is 23.9 Å². The third-order valence-electron chi connectivity index (χ3n) is 5.52. The van der Waals surface area contributed by atoms with Gasteiger partial charge < -0.3 is 9.47 Å². The van der Waals surface area contributed by atoms with Crippen molar-refractivity contribution in [3.05, 3.63) is 52.5 Å². The molecule has 0 N–H and O–H groups in total. The third kappa shape index (κ3) is 4.44. The Hall–Kier alpha value is -2.30. The molecule has 0 aromatic heterocycles. The van der Waals surface area contributed by atoms with E-state index in [9.17, 15) is 26.4 Å². The van der Waals surface area contributed by atoms with Crippen LogP contribution in [0.4, 0.5) is 13.2 Å². The van der Waals surface area contributed by atoms with Crippen LogP contribution in [0.15, 0.2) is 41.3 Å². The lowest BCUT2D eigenvalue weighted by Gasteiger charge is -2.31. The highest BCUT2D eigenvalue weighted by Gasteiger charge is 2.40. The SMILES string of the molecule is O=C(c1ccc2c(c1)OCCO2)C1CCN(S(=O)(=O)c2ccc(Cl)cc2C(F)(F)F)CC1. The first-order valence-corrected chi connectivity index (χ1v) is 11.7. The van der Waals surface area contributed by atoms with Gasteiger partial charge in [0.2, 0.25) is 10.0 Å². The number of ketones is 1. The van der Waals surface area contributed by atoms with E-state index in [1.807, 2.05) is 0 Å². The number of sulfonamides is 1. The Morgan fingerprint density at radius 1 is 1.00 bits per heavy atom. The number of hydrogen-bond acceptors (Lipinski definition) is 5. The van der Waals surface area contributed by atoms with E-state index in [0.717, 1.165) is 16.4 Å². The van der Waals surface area contributed by atoms with E-state index in [-0.39, 0.29) is 36.7 Å². The molecule has 2 heterocycles. The molecule has 0 spiro atoms. The van der Waals surface area contributed by atoms with Gasteiger partial charge in [0.25, 0.3) is 0 Å². The molecule has 2 aliphatic heterocycles. The molecule has 2 aromatic carbocycles. The number of nitrogens with zero attached hydrogens (tertiary/aromatic N) is 1. The van der Waals surface area contributed by atoms with E-state index in [2.05, 4.69) is 0 Å². The Morgan fingerprint density at radius 3 is 2.31 bits per heavy atom. The standard InChI is InChI=1S/C21H19ClF3NO5S/c22-15-2-4-19(16(12-15)21(23,24)25)32(28,29)26-7-5-13(6-8-26)20(27)14-1-3-17-18(11-14)31-10-9-30-17/h1-4,11-13H,5-10H2. The van der Waals surface area contributed by atoms with Crippen molar-refractivity contribution < 1.29 is 35.9 Å². The second-order valence-corrected chi connectivity index (χ2v) is 9.88. The van der Waals surface area contributed by atoms with E-state index in [1.54, 1.807) is 18.2 Å². The zero-order valence-corrected chi connectivity index (χ0v) is 18.3. The van der Waals surface area contributed by atoms with Crippen LogP contribution in [-0.4, -0.2) is 44.8 Å². The molecule has 32 heavy (non-hydrogen) atoms. The molecule has 0 saturated carbocycles. The molecule has 0 radical (unpaired) electrons. The van der Waals surface area contributed by atoms with Gasteiger partial charge in [-0.1, -0.05) is 11.6 Å². The summed E-state index contributed by atoms with van der Waals surface area (Å²) in [6, 6.07) is 7.47. The maximum Gasteiger partial charge on any atom is 0.417 e. The van der Waals surface area contributed by atoms with Gasteiger partial charge in [-0.25, -0.2) is 8.42 Å². The van der Waals surface area contributed by atoms with Gasteiger partial charge >= 0.3 is 6.18 Å². The molecule has 0 atom stereocenters. The molecule has 11 heteroatoms. The number of carbonyl (C=O) groups is 1. The summed E-state index contributed by atoms with van der Waals surface area (Å²) >= 11 is 5.65. The molecule has 0 aliphatic carbocycles. The van der Waals surface area contributed by atoms with Crippen LogP contribution in [-0.2, 0) is 16.2 Å². The molecule has 2 aliphatic rings. The molecule has 2 aromatic rings. The van der Waals surface area contributed by atoms with Crippen LogP contribution in [0.3, 0.4) is 0 Å². The maximum absolute atomic E-state index is 13.4. The Labute approximate surface area is 187 Å². The zero-order chi connectivity index (χ0) is 23.1. The number of alkyl halides is 3. The molecule has 0 unspecified atom stereocenters. The molecule has 0 amide bonds. The summed E-state index contributed by atoms with van der Waals surface area (Å²) in [5, 5.41) is -0.208. The van der Waals surface area contributed by atoms with Crippen molar-refractivity contribution in [3.8, 4) is 11.5 Å². The Balaban J connectivity index is 1.50. The molecule has 0 bridgehead atoms. The number of ether oxygens (including phenoxy) is 2. The average molecular weight is 490 g/mol. The first kappa shape index (κ1) is 22.9. The predicted octanol–water partition coefficient (Wildman–Crippen LogP) is 4.41. The van der Waals surface area contributed by atoms with Crippen molar-refractivity contribution in [2.75, 3.05) is 26.3 Å². The van der Waals surface area contributed by atoms with Gasteiger partial charge in [0.1, 0.15) is 13.2 Å². The van der Waals surface area contributed by atoms with Crippen LogP contribution in [0, 0.1) is 5.92 Å². The van der Waals surface area contributed by atoms with Crippen LogP contribution >= 0.6 is 11.6 Å². The number of Topliss-reactive ketones (excluding diaryl/α,β-unsaturated/α-hetero) is 1. The lowest BCUT2D eigenvalue weighted by molar-refractivity contribution is -0.139. The first-order chi connectivity index (χ1) is 15.1. The monoisotopic (exact) mass is 489 g/mol. The highest BCUT2D eigenvalue weighted by Crippen LogP contribution is 2.38. The van der Waals surface area contributed by atoms with Crippen LogP contribution in [0.25, 0.3) is 0 Å². The minimum atomic E-state index is -4.88. The Kier molecular flexibility index (Phi) is 6.12. The van der Waals surface area contributed by atoms with Gasteiger partial charge in [0, 0.05) is 29.6 Å². The van der Waals surface area contributed by atoms with Crippen LogP contribution < -0.4 is 9.47 Å². The summed E-state index contributed by atoms with van der Waals surface area (Å²) in [5.41, 5.74) is -0.882. The minimum absolute atomic E-state index is 0.0663. The van der Waals surface area contributed by atoms with E-state index < -0.39 is 32.6 Å². The quantitative estimate of drug-likeness (QED) is 0.595. The number of piperidine rings is 1. The smallest absolute Gasteiger partial charge is 0.417 e. The first-order valence-electron chi connectivity index (χ1n) is 9.88. The minimum Gasteiger partial charge on any atom is -0.486 e. The van der Waals surface area contributed by atoms with E-state index >= 15 is 0 Å². The van der Waals surface area contributed by atoms with Gasteiger partial charge in [0.05, 0.1) is 10.5 Å². The van der Waals surface area contributed by atoms with Crippen molar-refractivity contribution in [3.63, 3.8) is 0 Å². The summed E-state index contributed by atoms with van der Waals surface area (Å²) in [7, 11) is -4.41. The number of benzene rings is 2. The average Bonchev–Trinajstić information content (AvgIpc) is 2.77. The maximum atomic E-state index is 13.4. The number of halogens is 4. The summed E-state index contributed by atoms with van der Waals surface area (Å²) in [5.74, 6) is 0.416. The van der Waals surface area contributed by atoms with Crippen molar-refractivity contribution in [2.24, 2.45) is 5.92 Å². The highest BCUT2D eigenvalue weighted by molar-refractivity contribution is 7.89. The van der Waals surface area contributed by atoms with Gasteiger partial charge in [-0.2, -0.15) is 17.5 Å². The van der Waals surface area contributed by atoms with E-state index in [0.29, 0.717) is 36.3 Å². The van der Waals surface area contributed by atoms with Gasteiger partial charge in [-0.3, -0.25) is 4.79 Å². The molecular formula is C21H19ClF3NO5S. The third-order valence-corrected chi connectivity index (χ3v) is 7.71. The topological polar surface area (TPSA) is 72.9 Å². The lowest BCUT2D eigenvalue weighted by Crippen LogP contribution is -2.40. The van der Waals surface area contributed by atoms with Crippen LogP contribution in [0.1, 0.15) is 28.8 Å². The number of fused-ring (bicyclic) bond motifs is 1. The fourth-order valence-electron chi connectivity index (χ4n) is 3.88. The summed E-state index contributed by atoms with van der Waals surface area (Å²) in [4.78, 5) is 12.1. The van der Waals surface area contributed by atoms with E-state index in [1.165, 1.54) is 0 Å². The van der Waals surface area contributed by atoms with Crippen molar-refractivity contribution in [1.82, 2.24) is 4.31 Å². The Bertz CT molecular complexity index is 1140. The normalized spacial score (nSPS) is 17.9. The fourth-order valence-corrected chi connectivity index (χ4v) is 5.71.